The zero-order valence-corrected chi connectivity index (χ0v) is 32.3. The minimum atomic E-state index is -0.302. The first-order valence-corrected chi connectivity index (χ1v) is 17.8. The van der Waals surface area contributed by atoms with Gasteiger partial charge in [-0.1, -0.05) is 146 Å². The first kappa shape index (κ1) is 40.5. The van der Waals surface area contributed by atoms with E-state index < -0.39 is 0 Å². The van der Waals surface area contributed by atoms with E-state index in [1.165, 1.54) is 72.0 Å². The highest BCUT2D eigenvalue weighted by atomic mass is 16.5. The second-order valence-electron chi connectivity index (χ2n) is 15.3. The van der Waals surface area contributed by atoms with Gasteiger partial charge in [0.05, 0.1) is 0 Å². The number of carbonyl (C=O) groups is 1. The predicted molar refractivity (Wildman–Crippen MR) is 211 cm³/mol. The van der Waals surface area contributed by atoms with Gasteiger partial charge in [-0.15, -0.1) is 0 Å². The molecule has 2 aliphatic rings. The Morgan fingerprint density at radius 3 is 1.46 bits per heavy atom. The van der Waals surface area contributed by atoms with Crippen LogP contribution in [0.25, 0.3) is 0 Å². The summed E-state index contributed by atoms with van der Waals surface area (Å²) < 4.78 is 5.54. The van der Waals surface area contributed by atoms with Gasteiger partial charge in [0.1, 0.15) is 6.61 Å². The van der Waals surface area contributed by atoms with Gasteiger partial charge in [-0.2, -0.15) is 0 Å². The Morgan fingerprint density at radius 1 is 0.604 bits per heavy atom. The van der Waals surface area contributed by atoms with Gasteiger partial charge in [-0.3, -0.25) is 0 Å². The molecular formula is C46H64O2. The molecule has 0 N–H and O–H groups in total. The first-order chi connectivity index (χ1) is 22.5. The molecular weight excluding hydrogens is 585 g/mol. The molecule has 0 atom stereocenters. The summed E-state index contributed by atoms with van der Waals surface area (Å²) in [6.45, 7) is 26.4. The molecule has 48 heavy (non-hydrogen) atoms. The van der Waals surface area contributed by atoms with Crippen LogP contribution in [-0.2, 0) is 9.53 Å². The Morgan fingerprint density at radius 2 is 1.02 bits per heavy atom. The van der Waals surface area contributed by atoms with Crippen molar-refractivity contribution >= 4 is 5.97 Å². The van der Waals surface area contributed by atoms with Crippen molar-refractivity contribution in [1.29, 1.82) is 0 Å². The number of hydrogen-bond acceptors (Lipinski definition) is 2. The van der Waals surface area contributed by atoms with Gasteiger partial charge in [-0.05, 0) is 121 Å². The van der Waals surface area contributed by atoms with E-state index in [2.05, 4.69) is 129 Å². The summed E-state index contributed by atoms with van der Waals surface area (Å²) in [6.07, 6.45) is 37.0. The van der Waals surface area contributed by atoms with Crippen molar-refractivity contribution in [2.75, 3.05) is 6.61 Å². The highest BCUT2D eigenvalue weighted by molar-refractivity contribution is 5.88. The van der Waals surface area contributed by atoms with E-state index in [1.807, 2.05) is 32.1 Å². The number of rotatable bonds is 13. The van der Waals surface area contributed by atoms with E-state index in [0.29, 0.717) is 5.57 Å². The molecule has 2 rings (SSSR count). The Balaban J connectivity index is 1.86. The quantitative estimate of drug-likeness (QED) is 0.113. The van der Waals surface area contributed by atoms with Crippen molar-refractivity contribution in [3.8, 4) is 0 Å². The van der Waals surface area contributed by atoms with Gasteiger partial charge in [-0.25, -0.2) is 4.79 Å². The van der Waals surface area contributed by atoms with Gasteiger partial charge in [0.25, 0.3) is 0 Å². The second-order valence-corrected chi connectivity index (χ2v) is 15.3. The molecule has 0 saturated heterocycles. The van der Waals surface area contributed by atoms with Crippen molar-refractivity contribution in [3.63, 3.8) is 0 Å². The predicted octanol–water partition coefficient (Wildman–Crippen LogP) is 13.5. The molecule has 0 aromatic heterocycles. The Kier molecular flexibility index (Phi) is 16.4. The third-order valence-electron chi connectivity index (χ3n) is 9.53. The van der Waals surface area contributed by atoms with E-state index in [0.717, 1.165) is 16.7 Å². The number of carbonyl (C=O) groups excluding carboxylic acids is 1. The molecule has 0 aromatic rings. The van der Waals surface area contributed by atoms with Crippen molar-refractivity contribution in [1.82, 2.24) is 0 Å². The van der Waals surface area contributed by atoms with E-state index in [1.54, 1.807) is 6.92 Å². The van der Waals surface area contributed by atoms with Gasteiger partial charge in [0, 0.05) is 5.57 Å². The van der Waals surface area contributed by atoms with Crippen molar-refractivity contribution in [2.24, 2.45) is 10.8 Å². The van der Waals surface area contributed by atoms with Gasteiger partial charge < -0.3 is 4.74 Å². The fourth-order valence-corrected chi connectivity index (χ4v) is 6.32. The largest absolute Gasteiger partial charge is 0.458 e. The molecule has 0 saturated carbocycles. The molecule has 260 valence electrons. The van der Waals surface area contributed by atoms with Crippen LogP contribution < -0.4 is 0 Å². The first-order valence-electron chi connectivity index (χ1n) is 17.8. The summed E-state index contributed by atoms with van der Waals surface area (Å²) in [4.78, 5) is 12.6. The Bertz CT molecular complexity index is 1520. The third kappa shape index (κ3) is 14.2. The Hall–Kier alpha value is -3.65. The zero-order valence-electron chi connectivity index (χ0n) is 32.3. The standard InChI is InChI=1S/C46H64O2/c1-34(17-13-19-36(3)26-29-42-39(6)21-15-31-45(42,9)10)23-24-38(5)33-48-44(47)41(8)28-25-35(2)18-14-20-37(4)27-30-43-40(7)22-16-32-46(43,11)12/h13-14,17-20,23-30H,15-16,21-22,31-33H2,1-12H3. The molecule has 0 aromatic carbocycles. The number of hydrogen-bond donors (Lipinski definition) is 0. The average Bonchev–Trinajstić information content (AvgIpc) is 3.00. The van der Waals surface area contributed by atoms with Crippen LogP contribution in [0.2, 0.25) is 0 Å². The zero-order chi connectivity index (χ0) is 35.9. The van der Waals surface area contributed by atoms with Crippen LogP contribution in [0.3, 0.4) is 0 Å². The lowest BCUT2D eigenvalue weighted by molar-refractivity contribution is -0.138. The highest BCUT2D eigenvalue weighted by Crippen LogP contribution is 2.41. The van der Waals surface area contributed by atoms with Gasteiger partial charge >= 0.3 is 5.97 Å². The maximum atomic E-state index is 12.6. The molecule has 2 aliphatic carbocycles. The molecule has 0 aliphatic heterocycles. The smallest absolute Gasteiger partial charge is 0.334 e. The second kappa shape index (κ2) is 19.4. The minimum Gasteiger partial charge on any atom is -0.458 e. The number of allylic oxidation sites excluding steroid dienone is 22. The van der Waals surface area contributed by atoms with E-state index in [4.69, 9.17) is 4.74 Å². The van der Waals surface area contributed by atoms with Crippen molar-refractivity contribution < 1.29 is 9.53 Å². The normalized spacial score (nSPS) is 20.8. The molecule has 2 nitrogen and oxygen atoms in total. The summed E-state index contributed by atoms with van der Waals surface area (Å²) in [5.74, 6) is -0.302. The SMILES string of the molecule is CC(C=CC1=C(C)CCCC1(C)C)=CC=CC(C)=CC=C(C)COC(=O)C(C)=CC=C(C)C=CC=C(C)C=CC1=C(C)CCCC1(C)C. The highest BCUT2D eigenvalue weighted by Gasteiger charge is 2.27. The van der Waals surface area contributed by atoms with Crippen LogP contribution in [0, 0.1) is 10.8 Å². The molecule has 0 spiro atoms. The maximum Gasteiger partial charge on any atom is 0.334 e. The molecule has 0 unspecified atom stereocenters. The maximum absolute atomic E-state index is 12.6. The lowest BCUT2D eigenvalue weighted by Crippen LogP contribution is -2.19. The van der Waals surface area contributed by atoms with Crippen LogP contribution in [0.5, 0.6) is 0 Å². The topological polar surface area (TPSA) is 26.3 Å². The van der Waals surface area contributed by atoms with Crippen LogP contribution in [0.15, 0.2) is 141 Å². The fourth-order valence-electron chi connectivity index (χ4n) is 6.32. The van der Waals surface area contributed by atoms with Crippen LogP contribution in [0.1, 0.15) is 122 Å². The van der Waals surface area contributed by atoms with Gasteiger partial charge in [0.15, 0.2) is 0 Å². The number of esters is 1. The van der Waals surface area contributed by atoms with E-state index in [9.17, 15) is 4.79 Å². The lowest BCUT2D eigenvalue weighted by Gasteiger charge is -2.33. The summed E-state index contributed by atoms with van der Waals surface area (Å²) in [6, 6.07) is 0. The lowest BCUT2D eigenvalue weighted by atomic mass is 9.72. The van der Waals surface area contributed by atoms with Crippen LogP contribution in [-0.4, -0.2) is 12.6 Å². The number of ether oxygens (including phenoxy) is 1. The van der Waals surface area contributed by atoms with Crippen LogP contribution >= 0.6 is 0 Å². The monoisotopic (exact) mass is 648 g/mol. The van der Waals surface area contributed by atoms with E-state index in [-0.39, 0.29) is 23.4 Å². The summed E-state index contributed by atoms with van der Waals surface area (Å²) in [5.41, 5.74) is 12.7. The van der Waals surface area contributed by atoms with E-state index >= 15 is 0 Å². The molecule has 2 heteroatoms. The van der Waals surface area contributed by atoms with Gasteiger partial charge in [0.2, 0.25) is 0 Å². The molecule has 0 heterocycles. The summed E-state index contributed by atoms with van der Waals surface area (Å²) >= 11 is 0. The van der Waals surface area contributed by atoms with Crippen LogP contribution in [0.4, 0.5) is 0 Å². The fraction of sp³-hybridized carbons (Fsp3) is 0.457. The summed E-state index contributed by atoms with van der Waals surface area (Å²) in [5, 5.41) is 0. The van der Waals surface area contributed by atoms with Crippen molar-refractivity contribution in [3.05, 3.63) is 141 Å². The minimum absolute atomic E-state index is 0.251. The molecule has 0 radical (unpaired) electrons. The summed E-state index contributed by atoms with van der Waals surface area (Å²) in [7, 11) is 0. The molecule has 0 bridgehead atoms. The molecule has 0 amide bonds. The average molecular weight is 649 g/mol. The Labute approximate surface area is 294 Å². The molecule has 0 fully saturated rings. The third-order valence-corrected chi connectivity index (χ3v) is 9.53. The van der Waals surface area contributed by atoms with Crippen molar-refractivity contribution in [2.45, 2.75) is 122 Å².